The van der Waals surface area contributed by atoms with Gasteiger partial charge >= 0.3 is 0 Å². The van der Waals surface area contributed by atoms with Crippen LogP contribution < -0.4 is 0 Å². The summed E-state index contributed by atoms with van der Waals surface area (Å²) in [5.41, 5.74) is -0.225. The second-order valence-electron chi connectivity index (χ2n) is 5.09. The van der Waals surface area contributed by atoms with Gasteiger partial charge in [0.05, 0.1) is 5.41 Å². The van der Waals surface area contributed by atoms with E-state index in [1.165, 1.54) is 32.1 Å². The first-order valence-electron chi connectivity index (χ1n) is 6.19. The van der Waals surface area contributed by atoms with Crippen molar-refractivity contribution in [2.45, 2.75) is 58.4 Å². The van der Waals surface area contributed by atoms with Gasteiger partial charge in [-0.25, -0.2) is 0 Å². The molecule has 0 bridgehead atoms. The van der Waals surface area contributed by atoms with Gasteiger partial charge in [0, 0.05) is 12.2 Å². The van der Waals surface area contributed by atoms with Crippen LogP contribution in [0.15, 0.2) is 12.3 Å². The second kappa shape index (κ2) is 3.99. The van der Waals surface area contributed by atoms with Crippen LogP contribution in [-0.2, 0) is 4.79 Å². The Morgan fingerprint density at radius 3 is 2.60 bits per heavy atom. The Kier molecular flexibility index (Phi) is 2.85. The molecule has 2 aliphatic rings. The van der Waals surface area contributed by atoms with Crippen LogP contribution in [0.2, 0.25) is 0 Å². The highest BCUT2D eigenvalue weighted by Crippen LogP contribution is 2.35. The molecule has 1 heterocycles. The van der Waals surface area contributed by atoms with Crippen LogP contribution in [0.5, 0.6) is 0 Å². The lowest BCUT2D eigenvalue weighted by molar-refractivity contribution is -0.136. The molecule has 0 saturated heterocycles. The molecule has 0 aromatic carbocycles. The van der Waals surface area contributed by atoms with Crippen LogP contribution in [0.4, 0.5) is 0 Å². The van der Waals surface area contributed by atoms with E-state index in [1.807, 2.05) is 11.1 Å². The van der Waals surface area contributed by atoms with Gasteiger partial charge in [0.1, 0.15) is 0 Å². The third kappa shape index (κ3) is 1.82. The Morgan fingerprint density at radius 2 is 2.07 bits per heavy atom. The van der Waals surface area contributed by atoms with Gasteiger partial charge in [-0.2, -0.15) is 0 Å². The number of hydrogen-bond acceptors (Lipinski definition) is 1. The number of rotatable bonds is 2. The van der Waals surface area contributed by atoms with Crippen LogP contribution in [0.3, 0.4) is 0 Å². The topological polar surface area (TPSA) is 20.3 Å². The summed E-state index contributed by atoms with van der Waals surface area (Å²) >= 11 is 0. The second-order valence-corrected chi connectivity index (χ2v) is 5.09. The summed E-state index contributed by atoms with van der Waals surface area (Å²) in [7, 11) is 0. The summed E-state index contributed by atoms with van der Waals surface area (Å²) in [6, 6.07) is 0.482. The Balaban J connectivity index is 2.07. The molecule has 2 rings (SSSR count). The summed E-state index contributed by atoms with van der Waals surface area (Å²) < 4.78 is 0. The zero-order valence-corrected chi connectivity index (χ0v) is 9.83. The first kappa shape index (κ1) is 10.7. The molecule has 0 spiro atoms. The van der Waals surface area contributed by atoms with Crippen molar-refractivity contribution in [3.8, 4) is 0 Å². The zero-order chi connectivity index (χ0) is 10.9. The Morgan fingerprint density at radius 1 is 1.40 bits per heavy atom. The molecule has 84 valence electrons. The lowest BCUT2D eigenvalue weighted by Gasteiger charge is -2.32. The third-order valence-corrected chi connectivity index (χ3v) is 4.03. The van der Waals surface area contributed by atoms with Crippen molar-refractivity contribution in [3.05, 3.63) is 12.3 Å². The highest BCUT2D eigenvalue weighted by atomic mass is 16.2. The van der Waals surface area contributed by atoms with Crippen molar-refractivity contribution < 1.29 is 4.79 Å². The van der Waals surface area contributed by atoms with E-state index >= 15 is 0 Å². The van der Waals surface area contributed by atoms with E-state index in [-0.39, 0.29) is 5.41 Å². The van der Waals surface area contributed by atoms with Gasteiger partial charge in [0.2, 0.25) is 5.91 Å². The highest BCUT2D eigenvalue weighted by molar-refractivity contribution is 5.88. The lowest BCUT2D eigenvalue weighted by Crippen LogP contribution is -2.40. The standard InChI is InChI=1S/C13H21NO/c1-3-13(2)9-10-14(12(13)15)11-7-5-4-6-8-11/h9-11H,3-8H2,1-2H3/t13-/m0/s1. The summed E-state index contributed by atoms with van der Waals surface area (Å²) in [5, 5.41) is 0. The maximum absolute atomic E-state index is 12.2. The zero-order valence-electron chi connectivity index (χ0n) is 9.83. The van der Waals surface area contributed by atoms with Crippen molar-refractivity contribution in [2.75, 3.05) is 0 Å². The molecule has 2 heteroatoms. The minimum Gasteiger partial charge on any atom is -0.316 e. The molecule has 0 aromatic rings. The fraction of sp³-hybridized carbons (Fsp3) is 0.769. The van der Waals surface area contributed by atoms with E-state index in [0.717, 1.165) is 6.42 Å². The van der Waals surface area contributed by atoms with Crippen molar-refractivity contribution in [1.82, 2.24) is 4.90 Å². The number of nitrogens with zero attached hydrogens (tertiary/aromatic N) is 1. The van der Waals surface area contributed by atoms with Crippen molar-refractivity contribution >= 4 is 5.91 Å². The minimum absolute atomic E-state index is 0.225. The van der Waals surface area contributed by atoms with Crippen LogP contribution in [0.1, 0.15) is 52.4 Å². The highest BCUT2D eigenvalue weighted by Gasteiger charge is 2.39. The minimum atomic E-state index is -0.225. The summed E-state index contributed by atoms with van der Waals surface area (Å²) in [6.07, 6.45) is 11.3. The SMILES string of the molecule is CC[C@@]1(C)C=CN(C2CCCCC2)C1=O. The average Bonchev–Trinajstić information content (AvgIpc) is 2.58. The van der Waals surface area contributed by atoms with Gasteiger partial charge in [-0.3, -0.25) is 4.79 Å². The van der Waals surface area contributed by atoms with E-state index < -0.39 is 0 Å². The Bertz CT molecular complexity index is 278. The fourth-order valence-corrected chi connectivity index (χ4v) is 2.59. The van der Waals surface area contributed by atoms with Crippen molar-refractivity contribution in [2.24, 2.45) is 5.41 Å². The number of hydrogen-bond donors (Lipinski definition) is 0. The molecular weight excluding hydrogens is 186 g/mol. The quantitative estimate of drug-likeness (QED) is 0.681. The molecule has 0 N–H and O–H groups in total. The molecule has 1 amide bonds. The molecule has 15 heavy (non-hydrogen) atoms. The van der Waals surface area contributed by atoms with E-state index in [4.69, 9.17) is 0 Å². The van der Waals surface area contributed by atoms with Crippen LogP contribution in [-0.4, -0.2) is 16.8 Å². The molecule has 1 aliphatic heterocycles. The maximum atomic E-state index is 12.2. The Labute approximate surface area is 92.3 Å². The summed E-state index contributed by atoms with van der Waals surface area (Å²) in [5.74, 6) is 0.317. The first-order chi connectivity index (χ1) is 7.17. The van der Waals surface area contributed by atoms with E-state index in [1.54, 1.807) is 0 Å². The third-order valence-electron chi connectivity index (χ3n) is 4.03. The first-order valence-corrected chi connectivity index (χ1v) is 6.19. The molecule has 1 saturated carbocycles. The van der Waals surface area contributed by atoms with E-state index in [0.29, 0.717) is 11.9 Å². The Hall–Kier alpha value is -0.790. The number of carbonyl (C=O) groups is 1. The normalized spacial score (nSPS) is 32.7. The number of amides is 1. The van der Waals surface area contributed by atoms with Gasteiger partial charge in [-0.05, 0) is 26.2 Å². The van der Waals surface area contributed by atoms with Gasteiger partial charge in [0.25, 0.3) is 0 Å². The molecular formula is C13H21NO. The smallest absolute Gasteiger partial charge is 0.236 e. The molecule has 1 fully saturated rings. The fourth-order valence-electron chi connectivity index (χ4n) is 2.59. The predicted molar refractivity (Wildman–Crippen MR) is 61.3 cm³/mol. The van der Waals surface area contributed by atoms with Crippen molar-refractivity contribution in [1.29, 1.82) is 0 Å². The largest absolute Gasteiger partial charge is 0.316 e. The maximum Gasteiger partial charge on any atom is 0.236 e. The van der Waals surface area contributed by atoms with Gasteiger partial charge < -0.3 is 4.90 Å². The summed E-state index contributed by atoms with van der Waals surface area (Å²) in [4.78, 5) is 14.2. The molecule has 0 aromatic heterocycles. The average molecular weight is 207 g/mol. The molecule has 0 unspecified atom stereocenters. The van der Waals surface area contributed by atoms with E-state index in [9.17, 15) is 4.79 Å². The van der Waals surface area contributed by atoms with Crippen LogP contribution >= 0.6 is 0 Å². The molecule has 0 radical (unpaired) electrons. The molecule has 2 nitrogen and oxygen atoms in total. The summed E-state index contributed by atoms with van der Waals surface area (Å²) in [6.45, 7) is 4.14. The number of carbonyl (C=O) groups excluding carboxylic acids is 1. The van der Waals surface area contributed by atoms with Gasteiger partial charge in [-0.1, -0.05) is 32.3 Å². The van der Waals surface area contributed by atoms with Gasteiger partial charge in [-0.15, -0.1) is 0 Å². The monoisotopic (exact) mass is 207 g/mol. The molecule has 1 aliphatic carbocycles. The van der Waals surface area contributed by atoms with Crippen molar-refractivity contribution in [3.63, 3.8) is 0 Å². The van der Waals surface area contributed by atoms with E-state index in [2.05, 4.69) is 19.9 Å². The predicted octanol–water partition coefficient (Wildman–Crippen LogP) is 3.09. The van der Waals surface area contributed by atoms with Crippen LogP contribution in [0, 0.1) is 5.41 Å². The lowest BCUT2D eigenvalue weighted by atomic mass is 9.87. The molecule has 1 atom stereocenters. The van der Waals surface area contributed by atoms with Crippen LogP contribution in [0.25, 0.3) is 0 Å². The van der Waals surface area contributed by atoms with Gasteiger partial charge in [0.15, 0.2) is 0 Å².